The van der Waals surface area contributed by atoms with Gasteiger partial charge in [0.05, 0.1) is 20.4 Å². The molecule has 0 bridgehead atoms. The normalized spacial score (nSPS) is 10.4. The summed E-state index contributed by atoms with van der Waals surface area (Å²) in [7, 11) is 3.13. The molecule has 126 valence electrons. The second kappa shape index (κ2) is 8.73. The van der Waals surface area contributed by atoms with E-state index in [0.717, 1.165) is 16.9 Å². The van der Waals surface area contributed by atoms with Gasteiger partial charge in [-0.15, -0.1) is 0 Å². The van der Waals surface area contributed by atoms with Gasteiger partial charge in [0, 0.05) is 6.54 Å². The number of phenols is 1. The summed E-state index contributed by atoms with van der Waals surface area (Å²) in [5.41, 5.74) is 4.59. The van der Waals surface area contributed by atoms with Crippen molar-refractivity contribution < 1.29 is 14.6 Å². The molecule has 3 N–H and O–H groups in total. The molecule has 2 rings (SSSR count). The number of methoxy groups -OCH3 is 2. The molecule has 0 heterocycles. The molecule has 2 aromatic carbocycles. The molecule has 0 atom stereocenters. The Kier molecular flexibility index (Phi) is 6.39. The van der Waals surface area contributed by atoms with Crippen molar-refractivity contribution in [3.63, 3.8) is 0 Å². The van der Waals surface area contributed by atoms with Crippen LogP contribution in [0.5, 0.6) is 17.2 Å². The summed E-state index contributed by atoms with van der Waals surface area (Å²) in [5.74, 6) is 1.28. The van der Waals surface area contributed by atoms with E-state index in [1.165, 1.54) is 7.11 Å². The fourth-order valence-corrected chi connectivity index (χ4v) is 2.03. The minimum Gasteiger partial charge on any atom is -0.504 e. The van der Waals surface area contributed by atoms with Gasteiger partial charge in [0.15, 0.2) is 16.6 Å². The number of ether oxygens (including phenoxy) is 2. The molecule has 2 aromatic rings. The molecule has 0 saturated heterocycles. The van der Waals surface area contributed by atoms with E-state index in [4.69, 9.17) is 21.7 Å². The Hall–Kier alpha value is -2.80. The SMILES string of the molecule is COc1ccc(CNC(=S)NN=Cc2ccc(O)c(OC)c2)cc1. The highest BCUT2D eigenvalue weighted by Crippen LogP contribution is 2.25. The van der Waals surface area contributed by atoms with Crippen LogP contribution >= 0.6 is 12.2 Å². The van der Waals surface area contributed by atoms with Gasteiger partial charge < -0.3 is 19.9 Å². The fraction of sp³-hybridized carbons (Fsp3) is 0.176. The lowest BCUT2D eigenvalue weighted by atomic mass is 10.2. The van der Waals surface area contributed by atoms with Gasteiger partial charge in [0.1, 0.15) is 5.75 Å². The maximum absolute atomic E-state index is 9.54. The van der Waals surface area contributed by atoms with E-state index >= 15 is 0 Å². The van der Waals surface area contributed by atoms with Crippen LogP contribution in [0.15, 0.2) is 47.6 Å². The second-order valence-electron chi connectivity index (χ2n) is 4.83. The highest BCUT2D eigenvalue weighted by Gasteiger charge is 2.01. The highest BCUT2D eigenvalue weighted by molar-refractivity contribution is 7.80. The maximum atomic E-state index is 9.54. The zero-order valence-electron chi connectivity index (χ0n) is 13.4. The number of phenolic OH excluding ortho intramolecular Hbond substituents is 1. The van der Waals surface area contributed by atoms with Crippen LogP contribution in [0.25, 0.3) is 0 Å². The topological polar surface area (TPSA) is 75.1 Å². The van der Waals surface area contributed by atoms with Crippen molar-refractivity contribution in [2.24, 2.45) is 5.10 Å². The lowest BCUT2D eigenvalue weighted by Gasteiger charge is -2.08. The van der Waals surface area contributed by atoms with Gasteiger partial charge in [0.2, 0.25) is 0 Å². The van der Waals surface area contributed by atoms with Crippen LogP contribution in [0.3, 0.4) is 0 Å². The zero-order chi connectivity index (χ0) is 17.4. The first kappa shape index (κ1) is 17.6. The molecule has 0 aromatic heterocycles. The minimum absolute atomic E-state index is 0.0827. The molecule has 0 fully saturated rings. The van der Waals surface area contributed by atoms with E-state index in [-0.39, 0.29) is 5.75 Å². The van der Waals surface area contributed by atoms with E-state index < -0.39 is 0 Å². The number of hydrogen-bond donors (Lipinski definition) is 3. The Labute approximate surface area is 146 Å². The fourth-order valence-electron chi connectivity index (χ4n) is 1.91. The average Bonchev–Trinajstić information content (AvgIpc) is 2.61. The summed E-state index contributed by atoms with van der Waals surface area (Å²) in [6.07, 6.45) is 1.59. The Morgan fingerprint density at radius 2 is 1.92 bits per heavy atom. The minimum atomic E-state index is 0.0827. The second-order valence-corrected chi connectivity index (χ2v) is 5.24. The van der Waals surface area contributed by atoms with E-state index in [2.05, 4.69) is 15.8 Å². The third-order valence-electron chi connectivity index (χ3n) is 3.20. The molecular formula is C17H19N3O3S. The van der Waals surface area contributed by atoms with Crippen molar-refractivity contribution in [1.82, 2.24) is 10.7 Å². The van der Waals surface area contributed by atoms with Crippen molar-refractivity contribution in [3.8, 4) is 17.2 Å². The van der Waals surface area contributed by atoms with Crippen molar-refractivity contribution in [1.29, 1.82) is 0 Å². The standard InChI is InChI=1S/C17H19N3O3S/c1-22-14-6-3-12(4-7-14)10-18-17(24)20-19-11-13-5-8-15(21)16(9-13)23-2/h3-9,11,21H,10H2,1-2H3,(H2,18,20,24). The number of thiocarbonyl (C=S) groups is 1. The maximum Gasteiger partial charge on any atom is 0.187 e. The third kappa shape index (κ3) is 5.13. The first-order valence-corrected chi connectivity index (χ1v) is 7.60. The molecular weight excluding hydrogens is 326 g/mol. The summed E-state index contributed by atoms with van der Waals surface area (Å²) >= 11 is 5.16. The first-order chi connectivity index (χ1) is 11.6. The first-order valence-electron chi connectivity index (χ1n) is 7.19. The average molecular weight is 345 g/mol. The van der Waals surface area contributed by atoms with Crippen LogP contribution < -0.4 is 20.2 Å². The number of benzene rings is 2. The number of rotatable bonds is 6. The number of hydrazone groups is 1. The van der Waals surface area contributed by atoms with Crippen LogP contribution in [0.1, 0.15) is 11.1 Å². The van der Waals surface area contributed by atoms with Gasteiger partial charge >= 0.3 is 0 Å². The monoisotopic (exact) mass is 345 g/mol. The van der Waals surface area contributed by atoms with Gasteiger partial charge in [-0.3, -0.25) is 5.43 Å². The van der Waals surface area contributed by atoms with Crippen LogP contribution in [0.4, 0.5) is 0 Å². The lowest BCUT2D eigenvalue weighted by molar-refractivity contribution is 0.373. The lowest BCUT2D eigenvalue weighted by Crippen LogP contribution is -2.31. The molecule has 0 radical (unpaired) electrons. The Bertz CT molecular complexity index is 718. The van der Waals surface area contributed by atoms with Gasteiger partial charge in [-0.05, 0) is 53.7 Å². The summed E-state index contributed by atoms with van der Waals surface area (Å²) in [6.45, 7) is 0.582. The Balaban J connectivity index is 1.81. The smallest absolute Gasteiger partial charge is 0.187 e. The van der Waals surface area contributed by atoms with Crippen LogP contribution in [-0.2, 0) is 6.54 Å². The van der Waals surface area contributed by atoms with Crippen LogP contribution in [-0.4, -0.2) is 30.7 Å². The van der Waals surface area contributed by atoms with Crippen molar-refractivity contribution >= 4 is 23.5 Å². The van der Waals surface area contributed by atoms with Gasteiger partial charge in [0.25, 0.3) is 0 Å². The van der Waals surface area contributed by atoms with Crippen molar-refractivity contribution in [3.05, 3.63) is 53.6 Å². The zero-order valence-corrected chi connectivity index (χ0v) is 14.3. The van der Waals surface area contributed by atoms with Crippen LogP contribution in [0.2, 0.25) is 0 Å². The number of aromatic hydroxyl groups is 1. The van der Waals surface area contributed by atoms with Crippen LogP contribution in [0, 0.1) is 0 Å². The third-order valence-corrected chi connectivity index (χ3v) is 3.43. The molecule has 0 saturated carbocycles. The van der Waals surface area contributed by atoms with Crippen molar-refractivity contribution in [2.75, 3.05) is 14.2 Å². The predicted molar refractivity (Wildman–Crippen MR) is 97.8 cm³/mol. The molecule has 6 nitrogen and oxygen atoms in total. The summed E-state index contributed by atoms with van der Waals surface area (Å²) in [5, 5.41) is 17.1. The summed E-state index contributed by atoms with van der Waals surface area (Å²) < 4.78 is 10.1. The van der Waals surface area contributed by atoms with E-state index in [1.54, 1.807) is 31.5 Å². The van der Waals surface area contributed by atoms with Gasteiger partial charge in [-0.1, -0.05) is 12.1 Å². The van der Waals surface area contributed by atoms with E-state index in [9.17, 15) is 5.11 Å². The largest absolute Gasteiger partial charge is 0.504 e. The predicted octanol–water partition coefficient (Wildman–Crippen LogP) is 2.41. The Morgan fingerprint density at radius 3 is 2.58 bits per heavy atom. The summed E-state index contributed by atoms with van der Waals surface area (Å²) in [4.78, 5) is 0. The van der Waals surface area contributed by atoms with Gasteiger partial charge in [-0.2, -0.15) is 5.10 Å². The molecule has 0 aliphatic heterocycles. The quantitative estimate of drug-likeness (QED) is 0.424. The van der Waals surface area contributed by atoms with Gasteiger partial charge in [-0.25, -0.2) is 0 Å². The van der Waals surface area contributed by atoms with E-state index in [0.29, 0.717) is 17.4 Å². The molecule has 0 aliphatic carbocycles. The number of nitrogens with zero attached hydrogens (tertiary/aromatic N) is 1. The molecule has 0 spiro atoms. The van der Waals surface area contributed by atoms with Crippen molar-refractivity contribution in [2.45, 2.75) is 6.54 Å². The van der Waals surface area contributed by atoms with E-state index in [1.807, 2.05) is 24.3 Å². The molecule has 0 amide bonds. The number of nitrogens with one attached hydrogen (secondary N) is 2. The molecule has 0 unspecified atom stereocenters. The highest BCUT2D eigenvalue weighted by atomic mass is 32.1. The molecule has 24 heavy (non-hydrogen) atoms. The Morgan fingerprint density at radius 1 is 1.17 bits per heavy atom. The molecule has 7 heteroatoms. The molecule has 0 aliphatic rings. The number of hydrogen-bond acceptors (Lipinski definition) is 5. The summed E-state index contributed by atoms with van der Waals surface area (Å²) in [6, 6.07) is 12.6.